The molecular weight excluding hydrogens is 299 g/mol. The van der Waals surface area contributed by atoms with Crippen molar-refractivity contribution in [1.82, 2.24) is 5.32 Å². The van der Waals surface area contributed by atoms with Crippen LogP contribution in [0.5, 0.6) is 5.75 Å². The molecule has 2 atom stereocenters. The quantitative estimate of drug-likeness (QED) is 0.846. The van der Waals surface area contributed by atoms with Crippen molar-refractivity contribution in [3.63, 3.8) is 0 Å². The van der Waals surface area contributed by atoms with Gasteiger partial charge < -0.3 is 15.8 Å². The molecule has 1 aliphatic carbocycles. The summed E-state index contributed by atoms with van der Waals surface area (Å²) in [6, 6.07) is 7.05. The van der Waals surface area contributed by atoms with E-state index in [-0.39, 0.29) is 24.4 Å². The van der Waals surface area contributed by atoms with Crippen molar-refractivity contribution in [2.75, 3.05) is 6.54 Å². The van der Waals surface area contributed by atoms with Crippen LogP contribution in [0.25, 0.3) is 0 Å². The zero-order valence-electron chi connectivity index (χ0n) is 11.3. The Morgan fingerprint density at radius 2 is 2.25 bits per heavy atom. The second-order valence-corrected chi connectivity index (χ2v) is 5.40. The Kier molecular flexibility index (Phi) is 6.59. The van der Waals surface area contributed by atoms with Crippen LogP contribution in [0.4, 0.5) is 0 Å². The Bertz CT molecular complexity index is 453. The second kappa shape index (κ2) is 7.72. The van der Waals surface area contributed by atoms with E-state index >= 15 is 0 Å². The summed E-state index contributed by atoms with van der Waals surface area (Å²) in [5.41, 5.74) is 5.93. The summed E-state index contributed by atoms with van der Waals surface area (Å²) in [5.74, 6) is 1.00. The molecule has 0 saturated heterocycles. The van der Waals surface area contributed by atoms with Crippen molar-refractivity contribution in [1.29, 1.82) is 0 Å². The van der Waals surface area contributed by atoms with Gasteiger partial charge in [0.2, 0.25) is 0 Å². The molecule has 1 aliphatic rings. The number of amides is 1. The predicted molar refractivity (Wildman–Crippen MR) is 82.5 cm³/mol. The van der Waals surface area contributed by atoms with Gasteiger partial charge in [-0.2, -0.15) is 0 Å². The first kappa shape index (κ1) is 17.1. The lowest BCUT2D eigenvalue weighted by atomic mass is 10.2. The molecule has 0 heterocycles. The van der Waals surface area contributed by atoms with Crippen LogP contribution in [-0.2, 0) is 4.79 Å². The molecule has 112 valence electrons. The summed E-state index contributed by atoms with van der Waals surface area (Å²) in [4.78, 5) is 11.9. The van der Waals surface area contributed by atoms with Gasteiger partial charge in [0.15, 0.2) is 6.10 Å². The monoisotopic (exact) mass is 318 g/mol. The maximum Gasteiger partial charge on any atom is 0.260 e. The van der Waals surface area contributed by atoms with Crippen LogP contribution in [0.2, 0.25) is 5.02 Å². The molecule has 20 heavy (non-hydrogen) atoms. The van der Waals surface area contributed by atoms with Gasteiger partial charge >= 0.3 is 0 Å². The van der Waals surface area contributed by atoms with E-state index in [1.807, 2.05) is 0 Å². The molecule has 1 saturated carbocycles. The van der Waals surface area contributed by atoms with Crippen molar-refractivity contribution in [3.8, 4) is 5.75 Å². The van der Waals surface area contributed by atoms with Gasteiger partial charge in [-0.15, -0.1) is 12.4 Å². The molecule has 1 aromatic rings. The largest absolute Gasteiger partial charge is 0.481 e. The van der Waals surface area contributed by atoms with Gasteiger partial charge in [-0.1, -0.05) is 17.7 Å². The zero-order valence-corrected chi connectivity index (χ0v) is 12.9. The molecule has 0 aliphatic heterocycles. The highest BCUT2D eigenvalue weighted by Gasteiger charge is 2.28. The van der Waals surface area contributed by atoms with Crippen molar-refractivity contribution >= 4 is 29.9 Å². The molecule has 0 spiro atoms. The molecule has 6 heteroatoms. The molecule has 1 fully saturated rings. The minimum atomic E-state index is -0.565. The van der Waals surface area contributed by atoms with E-state index in [2.05, 4.69) is 5.32 Å². The fourth-order valence-corrected chi connectivity index (χ4v) is 2.03. The first-order valence-electron chi connectivity index (χ1n) is 6.52. The fraction of sp³-hybridized carbons (Fsp3) is 0.500. The third-order valence-corrected chi connectivity index (χ3v) is 3.45. The number of nitrogens with two attached hydrogens (primary N) is 1. The van der Waals surface area contributed by atoms with Gasteiger partial charge in [0, 0.05) is 17.6 Å². The van der Waals surface area contributed by atoms with Crippen LogP contribution in [0.3, 0.4) is 0 Å². The molecule has 2 rings (SSSR count). The summed E-state index contributed by atoms with van der Waals surface area (Å²) in [6.45, 7) is 2.21. The highest BCUT2D eigenvalue weighted by atomic mass is 35.5. The number of nitrogens with one attached hydrogen (secondary N) is 1. The Hall–Kier alpha value is -0.970. The SMILES string of the molecule is CC(Oc1cccc(Cl)c1)C(=O)NCC(N)C1CC1.Cl. The minimum Gasteiger partial charge on any atom is -0.481 e. The van der Waals surface area contributed by atoms with E-state index in [1.54, 1.807) is 31.2 Å². The van der Waals surface area contributed by atoms with Crippen LogP contribution >= 0.6 is 24.0 Å². The standard InChI is InChI=1S/C14H19ClN2O2.ClH/c1-9(19-12-4-2-3-11(15)7-12)14(18)17-8-13(16)10-5-6-10;/h2-4,7,9-10,13H,5-6,8,16H2,1H3,(H,17,18);1H. The summed E-state index contributed by atoms with van der Waals surface area (Å²) in [7, 11) is 0. The lowest BCUT2D eigenvalue weighted by Gasteiger charge is -2.17. The van der Waals surface area contributed by atoms with Crippen LogP contribution in [-0.4, -0.2) is 24.6 Å². The first-order chi connectivity index (χ1) is 9.06. The summed E-state index contributed by atoms with van der Waals surface area (Å²) in [5, 5.41) is 3.40. The van der Waals surface area contributed by atoms with Gasteiger partial charge in [0.1, 0.15) is 5.75 Å². The molecule has 3 N–H and O–H groups in total. The van der Waals surface area contributed by atoms with E-state index in [9.17, 15) is 4.79 Å². The topological polar surface area (TPSA) is 64.3 Å². The Labute approximate surface area is 130 Å². The van der Waals surface area contributed by atoms with Crippen LogP contribution in [0, 0.1) is 5.92 Å². The van der Waals surface area contributed by atoms with E-state index < -0.39 is 6.10 Å². The molecule has 1 amide bonds. The molecule has 2 unspecified atom stereocenters. The van der Waals surface area contributed by atoms with Gasteiger partial charge in [0.05, 0.1) is 0 Å². The number of carbonyl (C=O) groups is 1. The van der Waals surface area contributed by atoms with E-state index in [1.165, 1.54) is 12.8 Å². The van der Waals surface area contributed by atoms with Crippen molar-refractivity contribution in [2.24, 2.45) is 11.7 Å². The number of ether oxygens (including phenoxy) is 1. The number of hydrogen-bond acceptors (Lipinski definition) is 3. The average Bonchev–Trinajstić information content (AvgIpc) is 3.19. The van der Waals surface area contributed by atoms with Gasteiger partial charge in [-0.05, 0) is 43.9 Å². The number of hydrogen-bond donors (Lipinski definition) is 2. The molecule has 0 radical (unpaired) electrons. The van der Waals surface area contributed by atoms with E-state index in [0.29, 0.717) is 23.2 Å². The van der Waals surface area contributed by atoms with Crippen molar-refractivity contribution < 1.29 is 9.53 Å². The second-order valence-electron chi connectivity index (χ2n) is 4.96. The summed E-state index contributed by atoms with van der Waals surface area (Å²) in [6.07, 6.45) is 1.78. The van der Waals surface area contributed by atoms with Gasteiger partial charge in [-0.3, -0.25) is 4.79 Å². The van der Waals surface area contributed by atoms with E-state index in [0.717, 1.165) is 0 Å². The predicted octanol–water partition coefficient (Wildman–Crippen LogP) is 2.38. The third kappa shape index (κ3) is 5.19. The number of benzene rings is 1. The van der Waals surface area contributed by atoms with Crippen molar-refractivity contribution in [2.45, 2.75) is 31.9 Å². The van der Waals surface area contributed by atoms with Gasteiger partial charge in [-0.25, -0.2) is 0 Å². The average molecular weight is 319 g/mol. The van der Waals surface area contributed by atoms with Crippen LogP contribution in [0.15, 0.2) is 24.3 Å². The molecule has 0 aromatic heterocycles. The molecular formula is C14H20Cl2N2O2. The maximum absolute atomic E-state index is 11.9. The number of carbonyl (C=O) groups excluding carboxylic acids is 1. The maximum atomic E-state index is 11.9. The fourth-order valence-electron chi connectivity index (χ4n) is 1.85. The van der Waals surface area contributed by atoms with Crippen molar-refractivity contribution in [3.05, 3.63) is 29.3 Å². The highest BCUT2D eigenvalue weighted by molar-refractivity contribution is 6.30. The van der Waals surface area contributed by atoms with Crippen LogP contribution in [0.1, 0.15) is 19.8 Å². The smallest absolute Gasteiger partial charge is 0.260 e. The number of halogens is 2. The third-order valence-electron chi connectivity index (χ3n) is 3.22. The lowest BCUT2D eigenvalue weighted by Crippen LogP contribution is -2.43. The molecule has 1 aromatic carbocycles. The van der Waals surface area contributed by atoms with Crippen LogP contribution < -0.4 is 15.8 Å². The lowest BCUT2D eigenvalue weighted by molar-refractivity contribution is -0.127. The normalized spacial score (nSPS) is 16.8. The summed E-state index contributed by atoms with van der Waals surface area (Å²) < 4.78 is 5.53. The Morgan fingerprint density at radius 3 is 2.85 bits per heavy atom. The highest BCUT2D eigenvalue weighted by Crippen LogP contribution is 2.31. The Morgan fingerprint density at radius 1 is 1.55 bits per heavy atom. The molecule has 0 bridgehead atoms. The van der Waals surface area contributed by atoms with Gasteiger partial charge in [0.25, 0.3) is 5.91 Å². The minimum absolute atomic E-state index is 0. The first-order valence-corrected chi connectivity index (χ1v) is 6.89. The Balaban J connectivity index is 0.00000200. The molecule has 4 nitrogen and oxygen atoms in total. The number of rotatable bonds is 6. The summed E-state index contributed by atoms with van der Waals surface area (Å²) >= 11 is 5.86. The zero-order chi connectivity index (χ0) is 13.8. The van der Waals surface area contributed by atoms with E-state index in [4.69, 9.17) is 22.1 Å².